The summed E-state index contributed by atoms with van der Waals surface area (Å²) >= 11 is 0. The molecule has 0 aliphatic carbocycles. The van der Waals surface area contributed by atoms with Crippen LogP contribution in [0, 0.1) is 22.9 Å². The Morgan fingerprint density at radius 3 is 2.86 bits per heavy atom. The van der Waals surface area contributed by atoms with Gasteiger partial charge in [-0.1, -0.05) is 0 Å². The molecule has 1 aromatic rings. The number of carbonyl (C=O) groups is 1. The topological polar surface area (TPSA) is 81.5 Å². The molecule has 1 aliphatic rings. The number of benzene rings is 1. The maximum atomic E-state index is 14.0. The normalized spacial score (nSPS) is 19.3. The number of hydrogen-bond donors (Lipinski definition) is 1. The predicted molar refractivity (Wildman–Crippen MR) is 73.7 cm³/mol. The summed E-state index contributed by atoms with van der Waals surface area (Å²) in [7, 11) is 0. The first-order valence-electron chi connectivity index (χ1n) is 6.77. The van der Waals surface area contributed by atoms with E-state index in [-0.39, 0.29) is 29.0 Å². The van der Waals surface area contributed by atoms with Crippen molar-refractivity contribution < 1.29 is 18.8 Å². The summed E-state index contributed by atoms with van der Waals surface area (Å²) < 4.78 is 19.5. The van der Waals surface area contributed by atoms with Crippen molar-refractivity contribution >= 4 is 11.6 Å². The minimum atomic E-state index is -0.738. The monoisotopic (exact) mass is 296 g/mol. The maximum Gasteiger partial charge on any atom is 0.270 e. The van der Waals surface area contributed by atoms with Crippen molar-refractivity contribution in [2.24, 2.45) is 0 Å². The summed E-state index contributed by atoms with van der Waals surface area (Å²) in [6.45, 7) is 3.81. The van der Waals surface area contributed by atoms with Crippen molar-refractivity contribution in [2.75, 3.05) is 6.61 Å². The lowest BCUT2D eigenvalue weighted by Crippen LogP contribution is -2.41. The standard InChI is InChI=1S/C14H17FN2O4/c1-8-6-10(17(19)20)7-11(13(8)15)14(18)16-9(2)12-4-3-5-21-12/h6-7,9,12H,3-5H2,1-2H3,(H,16,18). The van der Waals surface area contributed by atoms with Gasteiger partial charge >= 0.3 is 0 Å². The molecule has 2 atom stereocenters. The third-order valence-corrected chi connectivity index (χ3v) is 3.58. The first kappa shape index (κ1) is 15.4. The molecule has 1 aromatic carbocycles. The summed E-state index contributed by atoms with van der Waals surface area (Å²) in [5, 5.41) is 13.4. The molecule has 1 N–H and O–H groups in total. The Bertz CT molecular complexity index is 570. The fourth-order valence-corrected chi connectivity index (χ4v) is 2.40. The summed E-state index contributed by atoms with van der Waals surface area (Å²) in [5.41, 5.74) is -0.547. The lowest BCUT2D eigenvalue weighted by Gasteiger charge is -2.20. The number of non-ortho nitro benzene ring substituents is 1. The van der Waals surface area contributed by atoms with Crippen LogP contribution in [-0.4, -0.2) is 29.6 Å². The van der Waals surface area contributed by atoms with Gasteiger partial charge < -0.3 is 10.1 Å². The van der Waals surface area contributed by atoms with E-state index in [1.165, 1.54) is 6.92 Å². The molecule has 0 aromatic heterocycles. The number of rotatable bonds is 4. The van der Waals surface area contributed by atoms with E-state index in [1.807, 2.05) is 0 Å². The second-order valence-corrected chi connectivity index (χ2v) is 5.19. The SMILES string of the molecule is Cc1cc([N+](=O)[O-])cc(C(=O)NC(C)C2CCCO2)c1F. The van der Waals surface area contributed by atoms with E-state index in [0.29, 0.717) is 6.61 Å². The van der Waals surface area contributed by atoms with Crippen molar-refractivity contribution in [3.05, 3.63) is 39.2 Å². The van der Waals surface area contributed by atoms with Gasteiger partial charge in [0.05, 0.1) is 22.6 Å². The Balaban J connectivity index is 2.19. The molecule has 0 bridgehead atoms. The summed E-state index contributed by atoms with van der Waals surface area (Å²) in [4.78, 5) is 22.3. The number of carbonyl (C=O) groups excluding carboxylic acids is 1. The number of nitrogens with zero attached hydrogens (tertiary/aromatic N) is 1. The van der Waals surface area contributed by atoms with Gasteiger partial charge in [-0.2, -0.15) is 0 Å². The van der Waals surface area contributed by atoms with Crippen LogP contribution in [0.1, 0.15) is 35.7 Å². The van der Waals surface area contributed by atoms with Gasteiger partial charge in [0.25, 0.3) is 11.6 Å². The van der Waals surface area contributed by atoms with E-state index in [0.717, 1.165) is 25.0 Å². The zero-order chi connectivity index (χ0) is 15.6. The quantitative estimate of drug-likeness (QED) is 0.683. The van der Waals surface area contributed by atoms with Crippen molar-refractivity contribution in [3.8, 4) is 0 Å². The molecule has 1 fully saturated rings. The van der Waals surface area contributed by atoms with Gasteiger partial charge in [-0.15, -0.1) is 0 Å². The molecule has 0 saturated carbocycles. The predicted octanol–water partition coefficient (Wildman–Crippen LogP) is 2.34. The summed E-state index contributed by atoms with van der Waals surface area (Å²) in [5.74, 6) is -1.40. The van der Waals surface area contributed by atoms with Crippen LogP contribution < -0.4 is 5.32 Å². The Hall–Kier alpha value is -2.02. The zero-order valence-electron chi connectivity index (χ0n) is 11.9. The van der Waals surface area contributed by atoms with Gasteiger partial charge in [-0.3, -0.25) is 14.9 Å². The average Bonchev–Trinajstić information content (AvgIpc) is 2.95. The van der Waals surface area contributed by atoms with Crippen molar-refractivity contribution in [1.82, 2.24) is 5.32 Å². The fourth-order valence-electron chi connectivity index (χ4n) is 2.40. The third kappa shape index (κ3) is 3.36. The van der Waals surface area contributed by atoms with Crippen molar-refractivity contribution in [3.63, 3.8) is 0 Å². The minimum Gasteiger partial charge on any atom is -0.376 e. The number of aryl methyl sites for hydroxylation is 1. The highest BCUT2D eigenvalue weighted by atomic mass is 19.1. The van der Waals surface area contributed by atoms with E-state index in [1.54, 1.807) is 6.92 Å². The summed E-state index contributed by atoms with van der Waals surface area (Å²) in [6, 6.07) is 1.79. The van der Waals surface area contributed by atoms with Crippen LogP contribution in [0.2, 0.25) is 0 Å². The Morgan fingerprint density at radius 1 is 1.57 bits per heavy atom. The first-order chi connectivity index (χ1) is 9.90. The molecular weight excluding hydrogens is 279 g/mol. The zero-order valence-corrected chi connectivity index (χ0v) is 11.9. The van der Waals surface area contributed by atoms with Crippen LogP contribution >= 0.6 is 0 Å². The molecule has 1 saturated heterocycles. The van der Waals surface area contributed by atoms with Gasteiger partial charge in [0.1, 0.15) is 5.82 Å². The van der Waals surface area contributed by atoms with E-state index in [4.69, 9.17) is 4.74 Å². The van der Waals surface area contributed by atoms with E-state index in [2.05, 4.69) is 5.32 Å². The number of hydrogen-bond acceptors (Lipinski definition) is 4. The molecule has 1 heterocycles. The van der Waals surface area contributed by atoms with E-state index in [9.17, 15) is 19.3 Å². The molecule has 0 spiro atoms. The smallest absolute Gasteiger partial charge is 0.270 e. The molecule has 2 unspecified atom stereocenters. The molecular formula is C14H17FN2O4. The molecule has 1 amide bonds. The molecule has 0 radical (unpaired) electrons. The van der Waals surface area contributed by atoms with Crippen LogP contribution in [0.5, 0.6) is 0 Å². The number of ether oxygens (including phenoxy) is 1. The van der Waals surface area contributed by atoms with E-state index >= 15 is 0 Å². The third-order valence-electron chi connectivity index (χ3n) is 3.58. The molecule has 2 rings (SSSR count). The molecule has 6 nitrogen and oxygen atoms in total. The van der Waals surface area contributed by atoms with E-state index < -0.39 is 16.6 Å². The lowest BCUT2D eigenvalue weighted by atomic mass is 10.1. The Morgan fingerprint density at radius 2 is 2.29 bits per heavy atom. The van der Waals surface area contributed by atoms with Gasteiger partial charge in [-0.25, -0.2) is 4.39 Å². The first-order valence-corrected chi connectivity index (χ1v) is 6.77. The molecule has 7 heteroatoms. The second kappa shape index (κ2) is 6.17. The van der Waals surface area contributed by atoms with Gasteiger partial charge in [0.15, 0.2) is 0 Å². The number of nitro benzene ring substituents is 1. The number of halogens is 1. The molecule has 1 aliphatic heterocycles. The number of nitro groups is 1. The number of amides is 1. The largest absolute Gasteiger partial charge is 0.376 e. The maximum absolute atomic E-state index is 14.0. The van der Waals surface area contributed by atoms with Crippen molar-refractivity contribution in [1.29, 1.82) is 0 Å². The van der Waals surface area contributed by atoms with Crippen LogP contribution in [0.4, 0.5) is 10.1 Å². The second-order valence-electron chi connectivity index (χ2n) is 5.19. The summed E-state index contributed by atoms with van der Waals surface area (Å²) in [6.07, 6.45) is 1.66. The minimum absolute atomic E-state index is 0.0686. The Kier molecular flexibility index (Phi) is 4.52. The highest BCUT2D eigenvalue weighted by Gasteiger charge is 2.26. The van der Waals surface area contributed by atoms with Crippen LogP contribution in [0.3, 0.4) is 0 Å². The lowest BCUT2D eigenvalue weighted by molar-refractivity contribution is -0.385. The number of nitrogens with one attached hydrogen (secondary N) is 1. The average molecular weight is 296 g/mol. The fraction of sp³-hybridized carbons (Fsp3) is 0.500. The highest BCUT2D eigenvalue weighted by molar-refractivity contribution is 5.95. The van der Waals surface area contributed by atoms with Gasteiger partial charge in [-0.05, 0) is 32.3 Å². The Labute approximate surface area is 121 Å². The highest BCUT2D eigenvalue weighted by Crippen LogP contribution is 2.22. The molecule has 21 heavy (non-hydrogen) atoms. The van der Waals surface area contributed by atoms with Crippen molar-refractivity contribution in [2.45, 2.75) is 38.8 Å². The van der Waals surface area contributed by atoms with Crippen LogP contribution in [0.25, 0.3) is 0 Å². The van der Waals surface area contributed by atoms with Crippen LogP contribution in [-0.2, 0) is 4.74 Å². The van der Waals surface area contributed by atoms with Crippen LogP contribution in [0.15, 0.2) is 12.1 Å². The van der Waals surface area contributed by atoms with Gasteiger partial charge in [0, 0.05) is 18.7 Å². The van der Waals surface area contributed by atoms with Gasteiger partial charge in [0.2, 0.25) is 0 Å². The molecule has 114 valence electrons.